The van der Waals surface area contributed by atoms with Crippen LogP contribution in [0.15, 0.2) is 36.8 Å². The van der Waals surface area contributed by atoms with Crippen LogP contribution in [0.4, 0.5) is 10.3 Å². The molecule has 0 aliphatic carbocycles. The minimum Gasteiger partial charge on any atom is -0.288 e. The van der Waals surface area contributed by atoms with Crippen molar-refractivity contribution in [2.45, 2.75) is 20.0 Å². The topological polar surface area (TPSA) is 77.6 Å². The molecular weight excluding hydrogens is 335 g/mol. The molecule has 0 radical (unpaired) electrons. The van der Waals surface area contributed by atoms with Crippen molar-refractivity contribution in [1.82, 2.24) is 24.5 Å². The van der Waals surface area contributed by atoms with Crippen molar-refractivity contribution in [2.75, 3.05) is 5.32 Å². The number of carbonyl (C=O) groups is 1. The minimum atomic E-state index is -0.423. The normalized spacial score (nSPS) is 10.8. The molecule has 2 heterocycles. The second-order valence-electron chi connectivity index (χ2n) is 4.98. The van der Waals surface area contributed by atoms with Gasteiger partial charge in [-0.25, -0.2) is 14.1 Å². The van der Waals surface area contributed by atoms with Crippen LogP contribution in [0.3, 0.4) is 0 Å². The predicted molar refractivity (Wildman–Crippen MR) is 86.4 cm³/mol. The number of hydrogen-bond acceptors (Lipinski definition) is 4. The number of halogens is 2. The Morgan fingerprint density at radius 2 is 2.12 bits per heavy atom. The Morgan fingerprint density at radius 1 is 1.29 bits per heavy atom. The second-order valence-corrected chi connectivity index (χ2v) is 5.38. The summed E-state index contributed by atoms with van der Waals surface area (Å²) in [7, 11) is 0. The van der Waals surface area contributed by atoms with Crippen LogP contribution < -0.4 is 5.32 Å². The van der Waals surface area contributed by atoms with Crippen molar-refractivity contribution < 1.29 is 9.18 Å². The number of benzene rings is 1. The summed E-state index contributed by atoms with van der Waals surface area (Å²) in [6.45, 7) is 2.70. The van der Waals surface area contributed by atoms with Crippen molar-refractivity contribution in [3.63, 3.8) is 0 Å². The monoisotopic (exact) mass is 348 g/mol. The predicted octanol–water partition coefficient (Wildman–Crippen LogP) is 2.59. The Labute approximate surface area is 142 Å². The molecule has 3 rings (SSSR count). The average Bonchev–Trinajstić information content (AvgIpc) is 3.20. The standard InChI is InChI=1S/C15H14ClFN6O/c1-2-22-7-6-13(20-22)14(24)19-15-18-9-23(21-15)8-10-11(16)4-3-5-12(10)17/h3-7,9H,2,8H2,1H3,(H,19,21,24). The summed E-state index contributed by atoms with van der Waals surface area (Å²) in [5.74, 6) is -0.726. The van der Waals surface area contributed by atoms with E-state index in [1.165, 1.54) is 23.1 Å². The van der Waals surface area contributed by atoms with Crippen LogP contribution in [0.2, 0.25) is 5.02 Å². The van der Waals surface area contributed by atoms with Crippen LogP contribution in [-0.2, 0) is 13.1 Å². The molecule has 7 nitrogen and oxygen atoms in total. The van der Waals surface area contributed by atoms with Crippen molar-refractivity contribution in [1.29, 1.82) is 0 Å². The van der Waals surface area contributed by atoms with E-state index in [1.807, 2.05) is 6.92 Å². The molecule has 3 aromatic rings. The fourth-order valence-corrected chi connectivity index (χ4v) is 2.32. The van der Waals surface area contributed by atoms with Gasteiger partial charge in [-0.15, -0.1) is 5.10 Å². The molecule has 0 bridgehead atoms. The number of aromatic nitrogens is 5. The van der Waals surface area contributed by atoms with E-state index in [4.69, 9.17) is 11.6 Å². The first-order valence-electron chi connectivity index (χ1n) is 7.24. The summed E-state index contributed by atoms with van der Waals surface area (Å²) in [4.78, 5) is 16.0. The first-order chi connectivity index (χ1) is 11.6. The lowest BCUT2D eigenvalue weighted by Gasteiger charge is -2.05. The van der Waals surface area contributed by atoms with Gasteiger partial charge in [-0.2, -0.15) is 5.10 Å². The number of nitrogens with one attached hydrogen (secondary N) is 1. The highest BCUT2D eigenvalue weighted by Crippen LogP contribution is 2.19. The summed E-state index contributed by atoms with van der Waals surface area (Å²) in [6.07, 6.45) is 3.10. The molecule has 0 saturated carbocycles. The average molecular weight is 349 g/mol. The third-order valence-electron chi connectivity index (χ3n) is 3.34. The summed E-state index contributed by atoms with van der Waals surface area (Å²) in [5, 5.41) is 11.0. The first-order valence-corrected chi connectivity index (χ1v) is 7.61. The highest BCUT2D eigenvalue weighted by Gasteiger charge is 2.13. The zero-order chi connectivity index (χ0) is 17.1. The lowest BCUT2D eigenvalue weighted by molar-refractivity contribution is 0.102. The van der Waals surface area contributed by atoms with Gasteiger partial charge in [0.2, 0.25) is 5.95 Å². The van der Waals surface area contributed by atoms with E-state index in [2.05, 4.69) is 20.5 Å². The van der Waals surface area contributed by atoms with Crippen molar-refractivity contribution in [2.24, 2.45) is 0 Å². The lowest BCUT2D eigenvalue weighted by Crippen LogP contribution is -2.15. The molecule has 1 N–H and O–H groups in total. The molecule has 0 aliphatic heterocycles. The molecule has 0 unspecified atom stereocenters. The maximum absolute atomic E-state index is 13.8. The number of anilines is 1. The molecule has 2 aromatic heterocycles. The Morgan fingerprint density at radius 3 is 2.83 bits per heavy atom. The maximum atomic E-state index is 13.8. The Kier molecular flexibility index (Phi) is 4.57. The first kappa shape index (κ1) is 16.1. The molecule has 124 valence electrons. The van der Waals surface area contributed by atoms with E-state index in [0.29, 0.717) is 17.1 Å². The van der Waals surface area contributed by atoms with E-state index in [9.17, 15) is 9.18 Å². The Bertz CT molecular complexity index is 854. The number of hydrogen-bond donors (Lipinski definition) is 1. The van der Waals surface area contributed by atoms with Gasteiger partial charge in [0, 0.05) is 23.3 Å². The van der Waals surface area contributed by atoms with Crippen molar-refractivity contribution in [3.05, 3.63) is 58.9 Å². The summed E-state index contributed by atoms with van der Waals surface area (Å²) in [5.41, 5.74) is 0.578. The van der Waals surface area contributed by atoms with Crippen LogP contribution in [0.1, 0.15) is 23.0 Å². The summed E-state index contributed by atoms with van der Waals surface area (Å²) < 4.78 is 16.8. The van der Waals surface area contributed by atoms with Crippen molar-refractivity contribution >= 4 is 23.5 Å². The van der Waals surface area contributed by atoms with E-state index < -0.39 is 11.7 Å². The molecule has 9 heteroatoms. The molecule has 0 fully saturated rings. The molecule has 1 amide bonds. The van der Waals surface area contributed by atoms with Crippen LogP contribution >= 0.6 is 11.6 Å². The van der Waals surface area contributed by atoms with Crippen LogP contribution in [0, 0.1) is 5.82 Å². The molecule has 1 aromatic carbocycles. The highest BCUT2D eigenvalue weighted by molar-refractivity contribution is 6.31. The fourth-order valence-electron chi connectivity index (χ4n) is 2.10. The number of aryl methyl sites for hydroxylation is 1. The molecule has 0 spiro atoms. The minimum absolute atomic E-state index is 0.110. The SMILES string of the molecule is CCn1ccc(C(=O)Nc2ncn(Cc3c(F)cccc3Cl)n2)n1. The number of amides is 1. The largest absolute Gasteiger partial charge is 0.288 e. The van der Waals surface area contributed by atoms with Gasteiger partial charge in [-0.05, 0) is 25.1 Å². The zero-order valence-corrected chi connectivity index (χ0v) is 13.5. The third-order valence-corrected chi connectivity index (χ3v) is 3.70. The van der Waals surface area contributed by atoms with Gasteiger partial charge in [0.15, 0.2) is 5.69 Å². The highest BCUT2D eigenvalue weighted by atomic mass is 35.5. The molecule has 0 atom stereocenters. The van der Waals surface area contributed by atoms with Gasteiger partial charge < -0.3 is 0 Å². The molecule has 0 aliphatic rings. The second kappa shape index (κ2) is 6.79. The summed E-state index contributed by atoms with van der Waals surface area (Å²) >= 11 is 5.98. The molecule has 24 heavy (non-hydrogen) atoms. The zero-order valence-electron chi connectivity index (χ0n) is 12.8. The van der Waals surface area contributed by atoms with E-state index in [-0.39, 0.29) is 18.2 Å². The van der Waals surface area contributed by atoms with Gasteiger partial charge in [0.25, 0.3) is 5.91 Å². The van der Waals surface area contributed by atoms with Gasteiger partial charge in [0.05, 0.1) is 6.54 Å². The lowest BCUT2D eigenvalue weighted by atomic mass is 10.2. The molecule has 0 saturated heterocycles. The Balaban J connectivity index is 1.70. The van der Waals surface area contributed by atoms with Crippen LogP contribution in [0.5, 0.6) is 0 Å². The van der Waals surface area contributed by atoms with Gasteiger partial charge in [-0.3, -0.25) is 14.8 Å². The third kappa shape index (κ3) is 3.43. The molecular formula is C15H14ClFN6O. The fraction of sp³-hybridized carbons (Fsp3) is 0.200. The van der Waals surface area contributed by atoms with E-state index in [1.54, 1.807) is 23.0 Å². The van der Waals surface area contributed by atoms with E-state index in [0.717, 1.165) is 0 Å². The van der Waals surface area contributed by atoms with Gasteiger partial charge >= 0.3 is 0 Å². The Hall–Kier alpha value is -2.74. The summed E-state index contributed by atoms with van der Waals surface area (Å²) in [6, 6.07) is 6.06. The van der Waals surface area contributed by atoms with E-state index >= 15 is 0 Å². The quantitative estimate of drug-likeness (QED) is 0.768. The van der Waals surface area contributed by atoms with Crippen LogP contribution in [0.25, 0.3) is 0 Å². The smallest absolute Gasteiger partial charge is 0.278 e. The van der Waals surface area contributed by atoms with Crippen LogP contribution in [-0.4, -0.2) is 30.5 Å². The number of nitrogens with zero attached hydrogens (tertiary/aromatic N) is 5. The maximum Gasteiger partial charge on any atom is 0.278 e. The van der Waals surface area contributed by atoms with Gasteiger partial charge in [-0.1, -0.05) is 17.7 Å². The van der Waals surface area contributed by atoms with Gasteiger partial charge in [0.1, 0.15) is 12.1 Å². The number of carbonyl (C=O) groups excluding carboxylic acids is 1. The number of rotatable bonds is 5. The van der Waals surface area contributed by atoms with Crippen molar-refractivity contribution in [3.8, 4) is 0 Å².